The fourth-order valence-electron chi connectivity index (χ4n) is 5.18. The Morgan fingerprint density at radius 3 is 2.31 bits per heavy atom. The molecule has 2 saturated heterocycles. The van der Waals surface area contributed by atoms with E-state index in [0.717, 1.165) is 32.1 Å². The van der Waals surface area contributed by atoms with E-state index in [1.807, 2.05) is 4.90 Å². The molecule has 1 unspecified atom stereocenters. The Morgan fingerprint density at radius 2 is 1.72 bits per heavy atom. The number of carbonyl (C=O) groups excluding carboxylic acids is 2. The smallest absolute Gasteiger partial charge is 0.289 e. The lowest BCUT2D eigenvalue weighted by molar-refractivity contribution is -0.140. The first-order valence-corrected chi connectivity index (χ1v) is 12.2. The van der Waals surface area contributed by atoms with Crippen LogP contribution in [0.1, 0.15) is 42.7 Å². The van der Waals surface area contributed by atoms with Gasteiger partial charge in [-0.2, -0.15) is 0 Å². The van der Waals surface area contributed by atoms with Gasteiger partial charge in [0, 0.05) is 39.3 Å². The van der Waals surface area contributed by atoms with Gasteiger partial charge in [0.1, 0.15) is 0 Å². The normalized spacial score (nSPS) is 25.5. The molecule has 1 spiro atoms. The molecule has 160 valence electrons. The Morgan fingerprint density at radius 1 is 1.07 bits per heavy atom. The first-order valence-electron chi connectivity index (χ1n) is 10.4. The molecule has 2 amide bonds. The van der Waals surface area contributed by atoms with E-state index in [4.69, 9.17) is 4.42 Å². The predicted octanol–water partition coefficient (Wildman–Crippen LogP) is 1.41. The highest BCUT2D eigenvalue weighted by molar-refractivity contribution is 7.88. The van der Waals surface area contributed by atoms with Crippen molar-refractivity contribution in [1.29, 1.82) is 0 Å². The molecule has 0 N–H and O–H groups in total. The van der Waals surface area contributed by atoms with E-state index in [0.29, 0.717) is 38.5 Å². The second-order valence-corrected chi connectivity index (χ2v) is 10.6. The van der Waals surface area contributed by atoms with E-state index >= 15 is 0 Å². The maximum absolute atomic E-state index is 13.4. The third-order valence-corrected chi connectivity index (χ3v) is 8.06. The topological polar surface area (TPSA) is 91.1 Å². The van der Waals surface area contributed by atoms with Gasteiger partial charge in [0.25, 0.3) is 5.91 Å². The lowest BCUT2D eigenvalue weighted by Crippen LogP contribution is -2.54. The summed E-state index contributed by atoms with van der Waals surface area (Å²) in [5.41, 5.74) is -0.237. The molecule has 1 aliphatic carbocycles. The Balaban J connectivity index is 1.45. The third-order valence-electron chi connectivity index (χ3n) is 6.84. The maximum atomic E-state index is 13.4. The van der Waals surface area contributed by atoms with Crippen LogP contribution in [-0.2, 0) is 14.8 Å². The molecule has 4 rings (SSSR count). The second-order valence-electron chi connectivity index (χ2n) is 8.63. The number of rotatable bonds is 3. The van der Waals surface area contributed by atoms with Crippen molar-refractivity contribution in [1.82, 2.24) is 14.1 Å². The van der Waals surface area contributed by atoms with Crippen LogP contribution in [-0.4, -0.2) is 79.9 Å². The monoisotopic (exact) mass is 423 g/mol. The summed E-state index contributed by atoms with van der Waals surface area (Å²) in [5, 5.41) is 0. The molecule has 29 heavy (non-hydrogen) atoms. The molecule has 1 atom stereocenters. The number of nitrogens with zero attached hydrogens (tertiary/aromatic N) is 3. The molecule has 1 aromatic heterocycles. The van der Waals surface area contributed by atoms with Gasteiger partial charge in [-0.05, 0) is 30.4 Å². The van der Waals surface area contributed by atoms with Crippen LogP contribution in [0.25, 0.3) is 0 Å². The summed E-state index contributed by atoms with van der Waals surface area (Å²) in [6.07, 6.45) is 7.77. The SMILES string of the molecule is CS(=O)(=O)N1CC(C(=O)N2CCN(C(=O)c3ccco3)CC2)C2(CCCCC2)C1. The third kappa shape index (κ3) is 3.94. The van der Waals surface area contributed by atoms with Crippen LogP contribution in [0.5, 0.6) is 0 Å². The second kappa shape index (κ2) is 7.75. The lowest BCUT2D eigenvalue weighted by Gasteiger charge is -2.41. The highest BCUT2D eigenvalue weighted by atomic mass is 32.2. The van der Waals surface area contributed by atoms with Gasteiger partial charge >= 0.3 is 0 Å². The maximum Gasteiger partial charge on any atom is 0.289 e. The van der Waals surface area contributed by atoms with E-state index in [1.165, 1.54) is 16.8 Å². The van der Waals surface area contributed by atoms with Crippen molar-refractivity contribution in [2.24, 2.45) is 11.3 Å². The number of carbonyl (C=O) groups is 2. The van der Waals surface area contributed by atoms with Crippen LogP contribution in [0.3, 0.4) is 0 Å². The van der Waals surface area contributed by atoms with Crippen molar-refractivity contribution in [3.63, 3.8) is 0 Å². The van der Waals surface area contributed by atoms with Crippen molar-refractivity contribution in [3.8, 4) is 0 Å². The first-order chi connectivity index (χ1) is 13.8. The largest absolute Gasteiger partial charge is 0.459 e. The minimum absolute atomic E-state index is 0.0446. The van der Waals surface area contributed by atoms with E-state index in [-0.39, 0.29) is 29.7 Å². The first kappa shape index (κ1) is 20.4. The van der Waals surface area contributed by atoms with Crippen LogP contribution in [0.15, 0.2) is 22.8 Å². The van der Waals surface area contributed by atoms with Crippen molar-refractivity contribution in [3.05, 3.63) is 24.2 Å². The Labute approximate surface area is 171 Å². The summed E-state index contributed by atoms with van der Waals surface area (Å²) in [7, 11) is -3.32. The zero-order valence-electron chi connectivity index (χ0n) is 16.9. The van der Waals surface area contributed by atoms with Crippen molar-refractivity contribution in [2.45, 2.75) is 32.1 Å². The molecule has 1 aromatic rings. The summed E-state index contributed by atoms with van der Waals surface area (Å²) < 4.78 is 31.1. The molecule has 9 heteroatoms. The standard InChI is InChI=1S/C20H29N3O5S/c1-29(26,27)23-14-16(20(15-23)7-3-2-4-8-20)18(24)21-9-11-22(12-10-21)19(25)17-6-5-13-28-17/h5-6,13,16H,2-4,7-12,14-15H2,1H3. The average molecular weight is 424 g/mol. The Kier molecular flexibility index (Phi) is 5.46. The highest BCUT2D eigenvalue weighted by Gasteiger charge is 2.53. The van der Waals surface area contributed by atoms with E-state index < -0.39 is 10.0 Å². The molecule has 3 heterocycles. The van der Waals surface area contributed by atoms with Crippen LogP contribution in [0, 0.1) is 11.3 Å². The molecular formula is C20H29N3O5S. The fraction of sp³-hybridized carbons (Fsp3) is 0.700. The zero-order chi connectivity index (χ0) is 20.6. The number of amides is 2. The number of furan rings is 1. The summed E-state index contributed by atoms with van der Waals surface area (Å²) >= 11 is 0. The number of piperazine rings is 1. The molecule has 0 radical (unpaired) electrons. The zero-order valence-corrected chi connectivity index (χ0v) is 17.7. The van der Waals surface area contributed by atoms with E-state index in [1.54, 1.807) is 17.0 Å². The minimum Gasteiger partial charge on any atom is -0.459 e. The quantitative estimate of drug-likeness (QED) is 0.733. The predicted molar refractivity (Wildman–Crippen MR) is 107 cm³/mol. The van der Waals surface area contributed by atoms with Crippen LogP contribution in [0.2, 0.25) is 0 Å². The molecule has 0 bridgehead atoms. The lowest BCUT2D eigenvalue weighted by atomic mass is 9.67. The minimum atomic E-state index is -3.32. The molecule has 3 fully saturated rings. The Hall–Kier alpha value is -1.87. The van der Waals surface area contributed by atoms with Gasteiger partial charge in [-0.1, -0.05) is 19.3 Å². The van der Waals surface area contributed by atoms with Gasteiger partial charge in [-0.25, -0.2) is 12.7 Å². The van der Waals surface area contributed by atoms with Gasteiger partial charge in [0.15, 0.2) is 5.76 Å². The molecule has 1 saturated carbocycles. The fourth-order valence-corrected chi connectivity index (χ4v) is 6.10. The van der Waals surface area contributed by atoms with Crippen molar-refractivity contribution < 1.29 is 22.4 Å². The van der Waals surface area contributed by atoms with Gasteiger partial charge in [-0.3, -0.25) is 9.59 Å². The van der Waals surface area contributed by atoms with Crippen LogP contribution in [0.4, 0.5) is 0 Å². The molecule has 8 nitrogen and oxygen atoms in total. The molecule has 0 aromatic carbocycles. The van der Waals surface area contributed by atoms with Crippen LogP contribution >= 0.6 is 0 Å². The number of sulfonamides is 1. The summed E-state index contributed by atoms with van der Waals surface area (Å²) in [6.45, 7) is 2.59. The van der Waals surface area contributed by atoms with E-state index in [9.17, 15) is 18.0 Å². The van der Waals surface area contributed by atoms with Crippen LogP contribution < -0.4 is 0 Å². The van der Waals surface area contributed by atoms with Crippen molar-refractivity contribution in [2.75, 3.05) is 45.5 Å². The van der Waals surface area contributed by atoms with E-state index in [2.05, 4.69) is 0 Å². The highest BCUT2D eigenvalue weighted by Crippen LogP contribution is 2.48. The van der Waals surface area contributed by atoms with Gasteiger partial charge in [0.05, 0.1) is 18.4 Å². The molecule has 2 aliphatic heterocycles. The summed E-state index contributed by atoms with van der Waals surface area (Å²) in [5.74, 6) is -0.0894. The van der Waals surface area contributed by atoms with Gasteiger partial charge in [0.2, 0.25) is 15.9 Å². The summed E-state index contributed by atoms with van der Waals surface area (Å²) in [6, 6.07) is 3.33. The average Bonchev–Trinajstić information content (AvgIpc) is 3.36. The summed E-state index contributed by atoms with van der Waals surface area (Å²) in [4.78, 5) is 29.4. The Bertz CT molecular complexity index is 853. The van der Waals surface area contributed by atoms with Gasteiger partial charge in [-0.15, -0.1) is 0 Å². The number of hydrogen-bond acceptors (Lipinski definition) is 5. The molecule has 3 aliphatic rings. The van der Waals surface area contributed by atoms with Crippen molar-refractivity contribution >= 4 is 21.8 Å². The molecular weight excluding hydrogens is 394 g/mol. The number of hydrogen-bond donors (Lipinski definition) is 0. The van der Waals surface area contributed by atoms with Gasteiger partial charge < -0.3 is 14.2 Å².